The molecule has 0 aliphatic heterocycles. The van der Waals surface area contributed by atoms with Gasteiger partial charge < -0.3 is 0 Å². The molecule has 2 rings (SSSR count). The number of halogens is 1. The van der Waals surface area contributed by atoms with Crippen molar-refractivity contribution >= 4 is 15.9 Å². The molecule has 0 aromatic heterocycles. The summed E-state index contributed by atoms with van der Waals surface area (Å²) in [6.07, 6.45) is 8.61. The van der Waals surface area contributed by atoms with Gasteiger partial charge in [0.05, 0.1) is 0 Å². The minimum Gasteiger partial charge on any atom is -0.0609 e. The third kappa shape index (κ3) is 3.10. The summed E-state index contributed by atoms with van der Waals surface area (Å²) < 4.78 is 1.21. The van der Waals surface area contributed by atoms with E-state index >= 15 is 0 Å². The van der Waals surface area contributed by atoms with Gasteiger partial charge in [0.25, 0.3) is 0 Å². The molecule has 0 heterocycles. The lowest BCUT2D eigenvalue weighted by Crippen LogP contribution is -2.09. The van der Waals surface area contributed by atoms with Gasteiger partial charge in [-0.2, -0.15) is 0 Å². The van der Waals surface area contributed by atoms with Crippen molar-refractivity contribution in [2.45, 2.75) is 51.4 Å². The summed E-state index contributed by atoms with van der Waals surface area (Å²) in [5.74, 6) is 1.62. The monoisotopic (exact) mass is 280 g/mol. The van der Waals surface area contributed by atoms with Gasteiger partial charge in [-0.25, -0.2) is 0 Å². The van der Waals surface area contributed by atoms with Crippen molar-refractivity contribution in [3.8, 4) is 0 Å². The lowest BCUT2D eigenvalue weighted by Gasteiger charge is -2.23. The number of hydrogen-bond donors (Lipinski definition) is 0. The van der Waals surface area contributed by atoms with Crippen LogP contribution in [0.2, 0.25) is 0 Å². The van der Waals surface area contributed by atoms with Crippen molar-refractivity contribution < 1.29 is 0 Å². The van der Waals surface area contributed by atoms with Gasteiger partial charge in [-0.1, -0.05) is 60.7 Å². The molecular formula is C15H21Br. The van der Waals surface area contributed by atoms with Crippen molar-refractivity contribution in [2.75, 3.05) is 0 Å². The summed E-state index contributed by atoms with van der Waals surface area (Å²) >= 11 is 3.57. The predicted octanol–water partition coefficient (Wildman–Crippen LogP) is 5.52. The zero-order valence-electron chi connectivity index (χ0n) is 10.1. The Morgan fingerprint density at radius 1 is 1.12 bits per heavy atom. The van der Waals surface area contributed by atoms with E-state index in [0.29, 0.717) is 0 Å². The van der Waals surface area contributed by atoms with Crippen LogP contribution >= 0.6 is 15.9 Å². The topological polar surface area (TPSA) is 0 Å². The van der Waals surface area contributed by atoms with Crippen LogP contribution in [-0.4, -0.2) is 0 Å². The van der Waals surface area contributed by atoms with Crippen LogP contribution in [0.25, 0.3) is 0 Å². The van der Waals surface area contributed by atoms with Gasteiger partial charge in [0.15, 0.2) is 0 Å². The molecule has 1 fully saturated rings. The van der Waals surface area contributed by atoms with E-state index in [9.17, 15) is 0 Å². The molecule has 0 radical (unpaired) electrons. The number of rotatable bonds is 2. The summed E-state index contributed by atoms with van der Waals surface area (Å²) in [5.41, 5.74) is 1.50. The van der Waals surface area contributed by atoms with Crippen molar-refractivity contribution in [1.82, 2.24) is 0 Å². The fraction of sp³-hybridized carbons (Fsp3) is 0.600. The number of benzene rings is 1. The molecule has 0 nitrogen and oxygen atoms in total. The molecule has 16 heavy (non-hydrogen) atoms. The second kappa shape index (κ2) is 5.86. The average molecular weight is 281 g/mol. The summed E-state index contributed by atoms with van der Waals surface area (Å²) in [6, 6.07) is 8.84. The van der Waals surface area contributed by atoms with Crippen LogP contribution in [-0.2, 0) is 0 Å². The first-order valence-electron chi connectivity index (χ1n) is 6.53. The van der Waals surface area contributed by atoms with Crippen LogP contribution in [0.15, 0.2) is 28.7 Å². The highest BCUT2D eigenvalue weighted by atomic mass is 79.9. The molecule has 1 aromatic rings. The van der Waals surface area contributed by atoms with E-state index in [-0.39, 0.29) is 0 Å². The van der Waals surface area contributed by atoms with Gasteiger partial charge in [0.1, 0.15) is 0 Å². The van der Waals surface area contributed by atoms with E-state index in [2.05, 4.69) is 47.1 Å². The molecule has 1 aliphatic rings. The Bertz CT molecular complexity index is 324. The third-order valence-corrected chi connectivity index (χ3v) is 4.47. The van der Waals surface area contributed by atoms with Crippen molar-refractivity contribution in [3.05, 3.63) is 34.3 Å². The van der Waals surface area contributed by atoms with E-state index in [4.69, 9.17) is 0 Å². The molecule has 1 aliphatic carbocycles. The highest BCUT2D eigenvalue weighted by Gasteiger charge is 2.20. The minimum absolute atomic E-state index is 0.718. The van der Waals surface area contributed by atoms with Crippen LogP contribution in [0, 0.1) is 5.92 Å². The molecule has 0 spiro atoms. The maximum Gasteiger partial charge on any atom is 0.0178 e. The van der Waals surface area contributed by atoms with Gasteiger partial charge in [0, 0.05) is 4.47 Å². The first-order chi connectivity index (χ1) is 7.77. The van der Waals surface area contributed by atoms with Crippen LogP contribution in [0.5, 0.6) is 0 Å². The maximum absolute atomic E-state index is 3.57. The summed E-state index contributed by atoms with van der Waals surface area (Å²) in [4.78, 5) is 0. The van der Waals surface area contributed by atoms with Gasteiger partial charge >= 0.3 is 0 Å². The predicted molar refractivity (Wildman–Crippen MR) is 73.7 cm³/mol. The zero-order chi connectivity index (χ0) is 11.4. The smallest absolute Gasteiger partial charge is 0.0178 e. The first-order valence-corrected chi connectivity index (χ1v) is 7.32. The van der Waals surface area contributed by atoms with E-state index < -0.39 is 0 Å². The van der Waals surface area contributed by atoms with Gasteiger partial charge in [0.2, 0.25) is 0 Å². The highest BCUT2D eigenvalue weighted by Crippen LogP contribution is 2.35. The largest absolute Gasteiger partial charge is 0.0609 e. The Balaban J connectivity index is 2.07. The normalized spacial score (nSPS) is 20.4. The summed E-state index contributed by atoms with van der Waals surface area (Å²) in [7, 11) is 0. The SMILES string of the molecule is CC(c1cccc(Br)c1)C1CCCCCC1. The fourth-order valence-electron chi connectivity index (χ4n) is 2.87. The quantitative estimate of drug-likeness (QED) is 0.626. The Kier molecular flexibility index (Phi) is 4.45. The molecular weight excluding hydrogens is 260 g/mol. The molecule has 0 N–H and O–H groups in total. The average Bonchev–Trinajstić information content (AvgIpc) is 2.56. The standard InChI is InChI=1S/C15H21Br/c1-12(13-7-4-2-3-5-8-13)14-9-6-10-15(16)11-14/h6,9-13H,2-5,7-8H2,1H3. The van der Waals surface area contributed by atoms with Crippen molar-refractivity contribution in [1.29, 1.82) is 0 Å². The molecule has 88 valence electrons. The fourth-order valence-corrected chi connectivity index (χ4v) is 3.29. The highest BCUT2D eigenvalue weighted by molar-refractivity contribution is 9.10. The third-order valence-electron chi connectivity index (χ3n) is 3.98. The lowest BCUT2D eigenvalue weighted by atomic mass is 9.83. The van der Waals surface area contributed by atoms with Crippen molar-refractivity contribution in [3.63, 3.8) is 0 Å². The lowest BCUT2D eigenvalue weighted by molar-refractivity contribution is 0.394. The van der Waals surface area contributed by atoms with Crippen LogP contribution in [0.3, 0.4) is 0 Å². The summed E-state index contributed by atoms with van der Waals surface area (Å²) in [5, 5.41) is 0. The number of hydrogen-bond acceptors (Lipinski definition) is 0. The van der Waals surface area contributed by atoms with Crippen molar-refractivity contribution in [2.24, 2.45) is 5.92 Å². The van der Waals surface area contributed by atoms with Gasteiger partial charge in [-0.3, -0.25) is 0 Å². The Hall–Kier alpha value is -0.300. The van der Waals surface area contributed by atoms with E-state index in [1.54, 1.807) is 0 Å². The summed E-state index contributed by atoms with van der Waals surface area (Å²) in [6.45, 7) is 2.40. The van der Waals surface area contributed by atoms with Gasteiger partial charge in [-0.05, 0) is 42.4 Å². The second-order valence-corrected chi connectivity index (χ2v) is 6.01. The maximum atomic E-state index is 3.57. The van der Waals surface area contributed by atoms with Crippen LogP contribution < -0.4 is 0 Å². The van der Waals surface area contributed by atoms with Crippen LogP contribution in [0.1, 0.15) is 56.9 Å². The molecule has 1 unspecified atom stereocenters. The zero-order valence-corrected chi connectivity index (χ0v) is 11.7. The van der Waals surface area contributed by atoms with E-state index in [1.165, 1.54) is 48.6 Å². The Morgan fingerprint density at radius 3 is 2.44 bits per heavy atom. The molecule has 1 atom stereocenters. The molecule has 1 heteroatoms. The molecule has 0 bridgehead atoms. The molecule has 1 saturated carbocycles. The van der Waals surface area contributed by atoms with E-state index in [1.807, 2.05) is 0 Å². The van der Waals surface area contributed by atoms with E-state index in [0.717, 1.165) is 11.8 Å². The first kappa shape index (κ1) is 12.2. The Morgan fingerprint density at radius 2 is 1.81 bits per heavy atom. The molecule has 0 saturated heterocycles. The minimum atomic E-state index is 0.718. The molecule has 1 aromatic carbocycles. The molecule has 0 amide bonds. The van der Waals surface area contributed by atoms with Crippen LogP contribution in [0.4, 0.5) is 0 Å². The Labute approximate surface area is 108 Å². The second-order valence-electron chi connectivity index (χ2n) is 5.10. The van der Waals surface area contributed by atoms with Gasteiger partial charge in [-0.15, -0.1) is 0 Å².